The highest BCUT2D eigenvalue weighted by Crippen LogP contribution is 2.23. The predicted octanol–water partition coefficient (Wildman–Crippen LogP) is 3.88. The summed E-state index contributed by atoms with van der Waals surface area (Å²) >= 11 is 0. The molecule has 1 aromatic heterocycles. The van der Waals surface area contributed by atoms with Crippen molar-refractivity contribution < 1.29 is 32.2 Å². The van der Waals surface area contributed by atoms with Crippen LogP contribution in [0.25, 0.3) is 0 Å². The summed E-state index contributed by atoms with van der Waals surface area (Å²) < 4.78 is 53.3. The monoisotopic (exact) mass is 640 g/mol. The molecule has 2 amide bonds. The number of aromatic nitrogens is 1. The molecule has 2 aliphatic heterocycles. The molecule has 0 aliphatic carbocycles. The lowest BCUT2D eigenvalue weighted by molar-refractivity contribution is -0.116. The van der Waals surface area contributed by atoms with E-state index in [0.29, 0.717) is 30.8 Å². The molecular formula is C33H39F3N6O4. The van der Waals surface area contributed by atoms with Crippen molar-refractivity contribution >= 4 is 23.4 Å². The van der Waals surface area contributed by atoms with Crippen molar-refractivity contribution in [3.63, 3.8) is 0 Å². The van der Waals surface area contributed by atoms with Crippen LogP contribution in [0.5, 0.6) is 0 Å². The van der Waals surface area contributed by atoms with Crippen LogP contribution in [0, 0.1) is 17.5 Å². The van der Waals surface area contributed by atoms with E-state index < -0.39 is 35.5 Å². The minimum Gasteiger partial charge on any atom is -0.448 e. The van der Waals surface area contributed by atoms with Gasteiger partial charge in [-0.05, 0) is 74.8 Å². The highest BCUT2D eigenvalue weighted by molar-refractivity contribution is 5.97. The first-order valence-electron chi connectivity index (χ1n) is 15.4. The lowest BCUT2D eigenvalue weighted by Crippen LogP contribution is -2.49. The fourth-order valence-corrected chi connectivity index (χ4v) is 5.56. The Kier molecular flexibility index (Phi) is 11.4. The van der Waals surface area contributed by atoms with E-state index in [2.05, 4.69) is 31.2 Å². The Morgan fingerprint density at radius 3 is 2.50 bits per heavy atom. The number of likely N-dealkylation sites (N-methyl/N-ethyl adjacent to an activating group) is 1. The number of amides is 2. The number of halogens is 3. The minimum atomic E-state index is -0.848. The molecule has 5 rings (SSSR count). The van der Waals surface area contributed by atoms with Crippen LogP contribution in [0.15, 0.2) is 60.9 Å². The molecule has 246 valence electrons. The zero-order valence-corrected chi connectivity index (χ0v) is 25.6. The van der Waals surface area contributed by atoms with E-state index in [4.69, 9.17) is 9.47 Å². The Morgan fingerprint density at radius 1 is 1.09 bits per heavy atom. The predicted molar refractivity (Wildman–Crippen MR) is 167 cm³/mol. The van der Waals surface area contributed by atoms with Gasteiger partial charge in [-0.2, -0.15) is 0 Å². The van der Waals surface area contributed by atoms with E-state index in [0.717, 1.165) is 25.7 Å². The Hall–Kier alpha value is -4.20. The number of rotatable bonds is 12. The zero-order chi connectivity index (χ0) is 32.5. The number of carbonyl (C=O) groups is 2. The number of pyridine rings is 1. The number of nitrogens with one attached hydrogen (secondary N) is 4. The molecule has 4 N–H and O–H groups in total. The third-order valence-electron chi connectivity index (χ3n) is 8.13. The average Bonchev–Trinajstić information content (AvgIpc) is 3.46. The molecule has 2 fully saturated rings. The number of hydrogen-bond acceptors (Lipinski definition) is 8. The maximum absolute atomic E-state index is 15.0. The molecule has 10 nitrogen and oxygen atoms in total. The van der Waals surface area contributed by atoms with Crippen molar-refractivity contribution in [3.05, 3.63) is 89.5 Å². The number of ether oxygens (including phenoxy) is 2. The van der Waals surface area contributed by atoms with Crippen molar-refractivity contribution in [3.8, 4) is 0 Å². The second-order valence-corrected chi connectivity index (χ2v) is 11.8. The average molecular weight is 641 g/mol. The molecule has 2 aliphatic rings. The van der Waals surface area contributed by atoms with Gasteiger partial charge in [-0.1, -0.05) is 12.1 Å². The standard InChI is InChI=1S/C33H39F3N6O4/c1-42-13-12-25(18-42)40-33(44)46-20-26-19-45-27(15-38-26)10-11-28-29(36)16-37-17-31(28)41-32(43)30(14-21-2-4-22(34)5-3-21)39-24-8-6-23(35)7-9-24/h2-9,16-17,25-27,30,38-39H,10-15,18-20H2,1H3,(H,40,44)(H,41,43)/t25?,26-,27+,30-/m0/s1. The molecule has 0 saturated carbocycles. The Balaban J connectivity index is 1.14. The molecule has 3 aromatic rings. The summed E-state index contributed by atoms with van der Waals surface area (Å²) in [6.45, 7) is 2.72. The number of morpholine rings is 1. The topological polar surface area (TPSA) is 117 Å². The van der Waals surface area contributed by atoms with Gasteiger partial charge in [-0.15, -0.1) is 0 Å². The number of anilines is 2. The molecule has 1 unspecified atom stereocenters. The minimum absolute atomic E-state index is 0.0902. The summed E-state index contributed by atoms with van der Waals surface area (Å²) in [5, 5.41) is 12.1. The molecule has 2 saturated heterocycles. The maximum Gasteiger partial charge on any atom is 0.407 e. The van der Waals surface area contributed by atoms with Crippen LogP contribution in [-0.2, 0) is 27.1 Å². The highest BCUT2D eigenvalue weighted by Gasteiger charge is 2.26. The summed E-state index contributed by atoms with van der Waals surface area (Å²) in [5.41, 5.74) is 1.72. The third kappa shape index (κ3) is 9.65. The number of hydrogen-bond donors (Lipinski definition) is 4. The number of alkyl carbamates (subject to hydrolysis) is 1. The van der Waals surface area contributed by atoms with Gasteiger partial charge < -0.3 is 35.6 Å². The van der Waals surface area contributed by atoms with E-state index >= 15 is 4.39 Å². The second-order valence-electron chi connectivity index (χ2n) is 11.8. The molecule has 4 atom stereocenters. The van der Waals surface area contributed by atoms with E-state index in [-0.39, 0.29) is 48.9 Å². The molecule has 0 bridgehead atoms. The first-order valence-corrected chi connectivity index (χ1v) is 15.4. The van der Waals surface area contributed by atoms with Gasteiger partial charge in [-0.25, -0.2) is 18.0 Å². The Bertz CT molecular complexity index is 1410. The van der Waals surface area contributed by atoms with Gasteiger partial charge >= 0.3 is 6.09 Å². The van der Waals surface area contributed by atoms with Crippen LogP contribution in [0.1, 0.15) is 24.0 Å². The molecular weight excluding hydrogens is 601 g/mol. The maximum atomic E-state index is 15.0. The SMILES string of the molecule is CN1CCC(NC(=O)OC[C@@H]2CO[C@H](CCc3c(F)cncc3NC(=O)[C@H](Cc3ccc(F)cc3)Nc3ccc(F)cc3)CN2)C1. The van der Waals surface area contributed by atoms with Gasteiger partial charge in [0.1, 0.15) is 30.1 Å². The largest absolute Gasteiger partial charge is 0.448 e. The zero-order valence-electron chi connectivity index (χ0n) is 25.6. The highest BCUT2D eigenvalue weighted by atomic mass is 19.1. The summed E-state index contributed by atoms with van der Waals surface area (Å²) in [4.78, 5) is 31.8. The molecule has 13 heteroatoms. The van der Waals surface area contributed by atoms with E-state index in [1.807, 2.05) is 7.05 Å². The van der Waals surface area contributed by atoms with E-state index in [9.17, 15) is 18.4 Å². The van der Waals surface area contributed by atoms with Crippen molar-refractivity contribution in [2.45, 2.75) is 49.9 Å². The second kappa shape index (κ2) is 15.9. The summed E-state index contributed by atoms with van der Waals surface area (Å²) in [7, 11) is 2.01. The van der Waals surface area contributed by atoms with Gasteiger partial charge in [0.25, 0.3) is 0 Å². The number of benzene rings is 2. The number of carbonyl (C=O) groups excluding carboxylic acids is 2. The summed E-state index contributed by atoms with van der Waals surface area (Å²) in [6.07, 6.45) is 3.64. The lowest BCUT2D eigenvalue weighted by Gasteiger charge is -2.30. The normalized spacial score (nSPS) is 20.6. The van der Waals surface area contributed by atoms with Crippen molar-refractivity contribution in [1.29, 1.82) is 0 Å². The fraction of sp³-hybridized carbons (Fsp3) is 0.424. The quantitative estimate of drug-likeness (QED) is 0.236. The molecule has 3 heterocycles. The first kappa shape index (κ1) is 33.2. The number of likely N-dealkylation sites (tertiary alicyclic amines) is 1. The van der Waals surface area contributed by atoms with Crippen molar-refractivity contribution in [2.75, 3.05) is 50.5 Å². The van der Waals surface area contributed by atoms with Gasteiger partial charge in [0.15, 0.2) is 0 Å². The molecule has 0 radical (unpaired) electrons. The summed E-state index contributed by atoms with van der Waals surface area (Å²) in [6, 6.07) is 10.4. The van der Waals surface area contributed by atoms with E-state index in [1.54, 1.807) is 12.1 Å². The van der Waals surface area contributed by atoms with Gasteiger partial charge in [0.05, 0.1) is 36.8 Å². The van der Waals surface area contributed by atoms with E-state index in [1.165, 1.54) is 42.6 Å². The number of nitrogens with zero attached hydrogens (tertiary/aromatic N) is 2. The van der Waals surface area contributed by atoms with Crippen LogP contribution in [0.4, 0.5) is 29.3 Å². The smallest absolute Gasteiger partial charge is 0.407 e. The van der Waals surface area contributed by atoms with Crippen molar-refractivity contribution in [2.24, 2.45) is 0 Å². The third-order valence-corrected chi connectivity index (χ3v) is 8.13. The van der Waals surface area contributed by atoms with Crippen LogP contribution in [0.3, 0.4) is 0 Å². The van der Waals surface area contributed by atoms with Gasteiger partial charge in [0, 0.05) is 36.8 Å². The van der Waals surface area contributed by atoms with Crippen molar-refractivity contribution in [1.82, 2.24) is 20.5 Å². The Labute approximate surface area is 266 Å². The van der Waals surface area contributed by atoms with Gasteiger partial charge in [-0.3, -0.25) is 9.78 Å². The lowest BCUT2D eigenvalue weighted by atomic mass is 10.0. The molecule has 0 spiro atoms. The van der Waals surface area contributed by atoms with Crippen LogP contribution in [0.2, 0.25) is 0 Å². The summed E-state index contributed by atoms with van der Waals surface area (Å²) in [5.74, 6) is -1.85. The molecule has 46 heavy (non-hydrogen) atoms. The Morgan fingerprint density at radius 2 is 1.83 bits per heavy atom. The van der Waals surface area contributed by atoms with Crippen LogP contribution < -0.4 is 21.3 Å². The molecule has 2 aromatic carbocycles. The first-order chi connectivity index (χ1) is 22.2. The van der Waals surface area contributed by atoms with Gasteiger partial charge in [0.2, 0.25) is 5.91 Å². The fourth-order valence-electron chi connectivity index (χ4n) is 5.56. The van der Waals surface area contributed by atoms with Crippen LogP contribution >= 0.6 is 0 Å². The van der Waals surface area contributed by atoms with Crippen LogP contribution in [-0.4, -0.2) is 86.0 Å².